The molecule has 2 aromatic heterocycles. The first-order valence-electron chi connectivity index (χ1n) is 9.60. The topological polar surface area (TPSA) is 75.8 Å². The van der Waals surface area contributed by atoms with Gasteiger partial charge in [-0.1, -0.05) is 0 Å². The van der Waals surface area contributed by atoms with Gasteiger partial charge in [-0.2, -0.15) is 9.61 Å². The lowest BCUT2D eigenvalue weighted by Crippen LogP contribution is -2.42. The van der Waals surface area contributed by atoms with Crippen molar-refractivity contribution in [3.8, 4) is 5.75 Å². The molecule has 0 amide bonds. The van der Waals surface area contributed by atoms with Crippen LogP contribution in [-0.4, -0.2) is 50.2 Å². The van der Waals surface area contributed by atoms with E-state index in [1.165, 1.54) is 12.1 Å². The Kier molecular flexibility index (Phi) is 4.16. The van der Waals surface area contributed by atoms with Crippen molar-refractivity contribution in [2.45, 2.75) is 32.0 Å². The average Bonchev–Trinajstić information content (AvgIpc) is 3.29. The number of aromatic nitrogens is 4. The highest BCUT2D eigenvalue weighted by Crippen LogP contribution is 2.40. The molecule has 1 N–H and O–H groups in total. The van der Waals surface area contributed by atoms with Crippen molar-refractivity contribution in [1.82, 2.24) is 19.8 Å². The zero-order valence-electron chi connectivity index (χ0n) is 15.6. The van der Waals surface area contributed by atoms with E-state index in [2.05, 4.69) is 20.2 Å². The SMILES string of the molecule is Cc1cc(N2C[C@H]3C[C@@H](Oc4ccc(F)cc4)[C@H](O)C[C@H]3C2)c2nncn2n1. The second-order valence-electron chi connectivity index (χ2n) is 7.84. The van der Waals surface area contributed by atoms with Gasteiger partial charge < -0.3 is 14.7 Å². The first-order valence-corrected chi connectivity index (χ1v) is 9.60. The van der Waals surface area contributed by atoms with Crippen molar-refractivity contribution >= 4 is 11.3 Å². The molecule has 0 radical (unpaired) electrons. The first kappa shape index (κ1) is 17.4. The molecule has 3 aromatic rings. The molecule has 1 saturated heterocycles. The van der Waals surface area contributed by atoms with Crippen molar-refractivity contribution in [3.05, 3.63) is 48.2 Å². The standard InChI is InChI=1S/C20H22FN5O2/c1-12-6-17(20-23-22-11-26(20)24-12)25-9-13-7-18(27)19(8-14(13)10-25)28-16-4-2-15(21)3-5-16/h2-6,11,13-14,18-19,27H,7-10H2,1H3/t13-,14+,18+,19+/m0/s1. The van der Waals surface area contributed by atoms with Gasteiger partial charge in [0.2, 0.25) is 5.65 Å². The number of anilines is 1. The Morgan fingerprint density at radius 1 is 1.14 bits per heavy atom. The molecule has 28 heavy (non-hydrogen) atoms. The molecular formula is C20H22FN5O2. The Morgan fingerprint density at radius 2 is 1.89 bits per heavy atom. The van der Waals surface area contributed by atoms with Crippen molar-refractivity contribution < 1.29 is 14.2 Å². The molecule has 4 atom stereocenters. The Bertz CT molecular complexity index is 992. The van der Waals surface area contributed by atoms with Gasteiger partial charge in [0.05, 0.1) is 17.5 Å². The van der Waals surface area contributed by atoms with Gasteiger partial charge in [-0.25, -0.2) is 4.39 Å². The van der Waals surface area contributed by atoms with E-state index in [9.17, 15) is 9.50 Å². The number of fused-ring (bicyclic) bond motifs is 2. The smallest absolute Gasteiger partial charge is 0.200 e. The molecule has 146 valence electrons. The van der Waals surface area contributed by atoms with Gasteiger partial charge in [-0.15, -0.1) is 10.2 Å². The lowest BCUT2D eigenvalue weighted by atomic mass is 9.78. The first-order chi connectivity index (χ1) is 13.6. The summed E-state index contributed by atoms with van der Waals surface area (Å²) in [5.41, 5.74) is 2.70. The second kappa shape index (κ2) is 6.70. The van der Waals surface area contributed by atoms with Crippen LogP contribution < -0.4 is 9.64 Å². The third kappa shape index (κ3) is 3.07. The molecule has 1 aliphatic heterocycles. The summed E-state index contributed by atoms with van der Waals surface area (Å²) in [5, 5.41) is 23.2. The lowest BCUT2D eigenvalue weighted by molar-refractivity contribution is -0.0231. The molecule has 1 aliphatic carbocycles. The van der Waals surface area contributed by atoms with Crippen molar-refractivity contribution in [2.24, 2.45) is 11.8 Å². The predicted molar refractivity (Wildman–Crippen MR) is 101 cm³/mol. The maximum atomic E-state index is 13.1. The summed E-state index contributed by atoms with van der Waals surface area (Å²) in [6.45, 7) is 3.71. The highest BCUT2D eigenvalue weighted by atomic mass is 19.1. The van der Waals surface area contributed by atoms with E-state index in [1.807, 2.05) is 13.0 Å². The van der Waals surface area contributed by atoms with Gasteiger partial charge >= 0.3 is 0 Å². The normalized spacial score (nSPS) is 27.2. The summed E-state index contributed by atoms with van der Waals surface area (Å²) >= 11 is 0. The van der Waals surface area contributed by atoms with Gasteiger partial charge in [0.15, 0.2) is 0 Å². The van der Waals surface area contributed by atoms with Crippen LogP contribution in [0.1, 0.15) is 18.5 Å². The lowest BCUT2D eigenvalue weighted by Gasteiger charge is -2.35. The average molecular weight is 383 g/mol. The Hall–Kier alpha value is -2.74. The van der Waals surface area contributed by atoms with Crippen LogP contribution in [0.15, 0.2) is 36.7 Å². The number of hydrogen-bond donors (Lipinski definition) is 1. The minimum atomic E-state index is -0.529. The fourth-order valence-electron chi connectivity index (χ4n) is 4.57. The van der Waals surface area contributed by atoms with Crippen molar-refractivity contribution in [3.63, 3.8) is 0 Å². The molecule has 7 nitrogen and oxygen atoms in total. The fourth-order valence-corrected chi connectivity index (χ4v) is 4.57. The number of ether oxygens (including phenoxy) is 1. The summed E-state index contributed by atoms with van der Waals surface area (Å²) < 4.78 is 20.8. The van der Waals surface area contributed by atoms with E-state index >= 15 is 0 Å². The molecule has 1 aromatic carbocycles. The Morgan fingerprint density at radius 3 is 2.68 bits per heavy atom. The summed E-state index contributed by atoms with van der Waals surface area (Å²) in [7, 11) is 0. The number of aryl methyl sites for hydroxylation is 1. The van der Waals surface area contributed by atoms with Gasteiger partial charge in [-0.3, -0.25) is 0 Å². The van der Waals surface area contributed by atoms with E-state index in [-0.39, 0.29) is 11.9 Å². The maximum absolute atomic E-state index is 13.1. The Labute approximate surface area is 161 Å². The second-order valence-corrected chi connectivity index (χ2v) is 7.84. The summed E-state index contributed by atoms with van der Waals surface area (Å²) in [5.74, 6) is 1.12. The van der Waals surface area contributed by atoms with E-state index < -0.39 is 6.10 Å². The zero-order chi connectivity index (χ0) is 19.3. The van der Waals surface area contributed by atoms with Crippen LogP contribution in [0.3, 0.4) is 0 Å². The number of rotatable bonds is 3. The highest BCUT2D eigenvalue weighted by Gasteiger charge is 2.43. The van der Waals surface area contributed by atoms with Crippen LogP contribution in [0.2, 0.25) is 0 Å². The van der Waals surface area contributed by atoms with E-state index in [4.69, 9.17) is 4.74 Å². The molecule has 1 saturated carbocycles. The molecule has 2 fully saturated rings. The molecule has 2 aliphatic rings. The van der Waals surface area contributed by atoms with Crippen LogP contribution in [0, 0.1) is 24.6 Å². The third-order valence-electron chi connectivity index (χ3n) is 5.90. The fraction of sp³-hybridized carbons (Fsp3) is 0.450. The highest BCUT2D eigenvalue weighted by molar-refractivity contribution is 5.68. The molecule has 5 rings (SSSR count). The number of nitrogens with zero attached hydrogens (tertiary/aromatic N) is 5. The molecule has 8 heteroatoms. The van der Waals surface area contributed by atoms with Crippen LogP contribution in [0.4, 0.5) is 10.1 Å². The van der Waals surface area contributed by atoms with Crippen LogP contribution in [0.5, 0.6) is 5.75 Å². The predicted octanol–water partition coefficient (Wildman–Crippen LogP) is 2.23. The number of benzene rings is 1. The molecular weight excluding hydrogens is 361 g/mol. The van der Waals surface area contributed by atoms with Crippen molar-refractivity contribution in [2.75, 3.05) is 18.0 Å². The Balaban J connectivity index is 1.34. The van der Waals surface area contributed by atoms with Crippen molar-refractivity contribution in [1.29, 1.82) is 0 Å². The molecule has 0 spiro atoms. The summed E-state index contributed by atoms with van der Waals surface area (Å²) in [6, 6.07) is 8.01. The van der Waals surface area contributed by atoms with Gasteiger partial charge in [0.25, 0.3) is 0 Å². The van der Waals surface area contributed by atoms with Gasteiger partial charge in [-0.05, 0) is 61.9 Å². The van der Waals surface area contributed by atoms with Gasteiger partial charge in [0, 0.05) is 13.1 Å². The summed E-state index contributed by atoms with van der Waals surface area (Å²) in [4.78, 5) is 2.32. The molecule has 3 heterocycles. The van der Waals surface area contributed by atoms with Crippen LogP contribution in [-0.2, 0) is 0 Å². The van der Waals surface area contributed by atoms with Crippen LogP contribution >= 0.6 is 0 Å². The monoisotopic (exact) mass is 383 g/mol. The minimum absolute atomic E-state index is 0.279. The molecule has 0 unspecified atom stereocenters. The minimum Gasteiger partial charge on any atom is -0.488 e. The van der Waals surface area contributed by atoms with Crippen LogP contribution in [0.25, 0.3) is 5.65 Å². The third-order valence-corrected chi connectivity index (χ3v) is 5.90. The quantitative estimate of drug-likeness (QED) is 0.748. The zero-order valence-corrected chi connectivity index (χ0v) is 15.6. The number of hydrogen-bond acceptors (Lipinski definition) is 6. The molecule has 0 bridgehead atoms. The van der Waals surface area contributed by atoms with Gasteiger partial charge in [0.1, 0.15) is 24.0 Å². The number of aliphatic hydroxyl groups is 1. The number of aliphatic hydroxyl groups excluding tert-OH is 1. The largest absolute Gasteiger partial charge is 0.488 e. The van der Waals surface area contributed by atoms with E-state index in [0.717, 1.165) is 36.5 Å². The maximum Gasteiger partial charge on any atom is 0.200 e. The summed E-state index contributed by atoms with van der Waals surface area (Å²) in [6.07, 6.45) is 2.27. The van der Waals surface area contributed by atoms with E-state index in [1.54, 1.807) is 23.0 Å². The van der Waals surface area contributed by atoms with E-state index in [0.29, 0.717) is 24.0 Å². The number of halogens is 1.